The van der Waals surface area contributed by atoms with Crippen molar-refractivity contribution in [2.75, 3.05) is 34.0 Å². The van der Waals surface area contributed by atoms with Crippen LogP contribution in [0.1, 0.15) is 11.7 Å². The van der Waals surface area contributed by atoms with E-state index < -0.39 is 12.2 Å². The first-order chi connectivity index (χ1) is 9.17. The van der Waals surface area contributed by atoms with Crippen LogP contribution >= 0.6 is 15.9 Å². The highest BCUT2D eigenvalue weighted by Gasteiger charge is 2.28. The van der Waals surface area contributed by atoms with Gasteiger partial charge >= 0.3 is 0 Å². The van der Waals surface area contributed by atoms with Crippen molar-refractivity contribution in [2.45, 2.75) is 12.2 Å². The number of hydrogen-bond acceptors (Lipinski definition) is 5. The second-order valence-electron chi connectivity index (χ2n) is 4.16. The Labute approximate surface area is 120 Å². The van der Waals surface area contributed by atoms with E-state index in [1.807, 2.05) is 0 Å². The van der Waals surface area contributed by atoms with Crippen LogP contribution in [0, 0.1) is 0 Å². The summed E-state index contributed by atoms with van der Waals surface area (Å²) in [5, 5.41) is 10.4. The van der Waals surface area contributed by atoms with E-state index in [1.165, 1.54) is 0 Å². The second-order valence-corrected chi connectivity index (χ2v) is 5.01. The fourth-order valence-corrected chi connectivity index (χ4v) is 2.49. The summed E-state index contributed by atoms with van der Waals surface area (Å²) in [6.45, 7) is 1.41. The van der Waals surface area contributed by atoms with Crippen molar-refractivity contribution in [1.82, 2.24) is 0 Å². The lowest BCUT2D eigenvalue weighted by atomic mass is 10.0. The van der Waals surface area contributed by atoms with E-state index in [9.17, 15) is 5.11 Å². The van der Waals surface area contributed by atoms with Crippen molar-refractivity contribution in [2.24, 2.45) is 0 Å². The Morgan fingerprint density at radius 1 is 1.26 bits per heavy atom. The zero-order valence-electron chi connectivity index (χ0n) is 10.9. The number of hydrogen-bond donors (Lipinski definition) is 1. The van der Waals surface area contributed by atoms with Gasteiger partial charge in [0.1, 0.15) is 23.7 Å². The highest BCUT2D eigenvalue weighted by atomic mass is 79.9. The molecule has 19 heavy (non-hydrogen) atoms. The average Bonchev–Trinajstić information content (AvgIpc) is 2.47. The molecule has 0 spiro atoms. The Kier molecular flexibility index (Phi) is 5.04. The van der Waals surface area contributed by atoms with Gasteiger partial charge in [-0.3, -0.25) is 0 Å². The van der Waals surface area contributed by atoms with E-state index in [4.69, 9.17) is 18.9 Å². The van der Waals surface area contributed by atoms with Gasteiger partial charge in [-0.05, 0) is 28.1 Å². The van der Waals surface area contributed by atoms with Crippen LogP contribution in [0.4, 0.5) is 0 Å². The second kappa shape index (κ2) is 6.56. The van der Waals surface area contributed by atoms with Crippen LogP contribution in [0.25, 0.3) is 0 Å². The molecule has 2 unspecified atom stereocenters. The summed E-state index contributed by atoms with van der Waals surface area (Å²) in [6, 6.07) is 3.51. The summed E-state index contributed by atoms with van der Waals surface area (Å²) >= 11 is 3.38. The highest BCUT2D eigenvalue weighted by Crippen LogP contribution is 2.37. The third kappa shape index (κ3) is 3.20. The average molecular weight is 333 g/mol. The molecule has 106 valence electrons. The van der Waals surface area contributed by atoms with Crippen LogP contribution in [0.15, 0.2) is 16.6 Å². The Bertz CT molecular complexity index is 431. The van der Waals surface area contributed by atoms with E-state index in [0.29, 0.717) is 36.9 Å². The molecule has 1 N–H and O–H groups in total. The maximum absolute atomic E-state index is 10.4. The van der Waals surface area contributed by atoms with Crippen LogP contribution in [-0.4, -0.2) is 45.3 Å². The number of aliphatic hydroxyl groups is 1. The van der Waals surface area contributed by atoms with E-state index in [0.717, 1.165) is 4.47 Å². The largest absolute Gasteiger partial charge is 0.496 e. The summed E-state index contributed by atoms with van der Waals surface area (Å²) in [5.41, 5.74) is 0.623. The summed E-state index contributed by atoms with van der Waals surface area (Å²) in [4.78, 5) is 0. The molecule has 1 aromatic carbocycles. The van der Waals surface area contributed by atoms with E-state index in [2.05, 4.69) is 15.9 Å². The van der Waals surface area contributed by atoms with Crippen LogP contribution in [0.5, 0.6) is 11.5 Å². The summed E-state index contributed by atoms with van der Waals surface area (Å²) in [7, 11) is 3.13. The minimum atomic E-state index is -0.822. The number of methoxy groups -OCH3 is 2. The minimum absolute atomic E-state index is 0.364. The fourth-order valence-electron chi connectivity index (χ4n) is 2.00. The van der Waals surface area contributed by atoms with Gasteiger partial charge in [0.05, 0.1) is 38.5 Å². The van der Waals surface area contributed by atoms with Gasteiger partial charge in [-0.25, -0.2) is 0 Å². The molecule has 1 fully saturated rings. The molecule has 1 heterocycles. The number of aliphatic hydroxyl groups excluding tert-OH is 1. The molecular weight excluding hydrogens is 316 g/mol. The van der Waals surface area contributed by atoms with E-state index in [1.54, 1.807) is 26.4 Å². The molecular formula is C13H17BrO5. The number of ether oxygens (including phenoxy) is 4. The fraction of sp³-hybridized carbons (Fsp3) is 0.538. The highest BCUT2D eigenvalue weighted by molar-refractivity contribution is 9.10. The van der Waals surface area contributed by atoms with Gasteiger partial charge in [-0.2, -0.15) is 0 Å². The maximum Gasteiger partial charge on any atom is 0.133 e. The van der Waals surface area contributed by atoms with Crippen LogP contribution in [-0.2, 0) is 9.47 Å². The third-order valence-electron chi connectivity index (χ3n) is 3.02. The molecule has 5 nitrogen and oxygen atoms in total. The lowest BCUT2D eigenvalue weighted by Crippen LogP contribution is -2.34. The van der Waals surface area contributed by atoms with Gasteiger partial charge in [0, 0.05) is 5.56 Å². The van der Waals surface area contributed by atoms with Crippen molar-refractivity contribution in [3.05, 3.63) is 22.2 Å². The van der Waals surface area contributed by atoms with Crippen LogP contribution in [0.3, 0.4) is 0 Å². The van der Waals surface area contributed by atoms with Crippen molar-refractivity contribution in [3.8, 4) is 11.5 Å². The zero-order valence-corrected chi connectivity index (χ0v) is 12.5. The Balaban J connectivity index is 2.30. The third-order valence-corrected chi connectivity index (χ3v) is 3.64. The van der Waals surface area contributed by atoms with Gasteiger partial charge in [0.2, 0.25) is 0 Å². The minimum Gasteiger partial charge on any atom is -0.496 e. The van der Waals surface area contributed by atoms with E-state index in [-0.39, 0.29) is 0 Å². The standard InChI is InChI=1S/C13H17BrO5/c1-16-10-6-9(14)11(17-2)5-8(10)13(15)12-7-18-3-4-19-12/h5-6,12-13,15H,3-4,7H2,1-2H3. The maximum atomic E-state index is 10.4. The van der Waals surface area contributed by atoms with E-state index >= 15 is 0 Å². The predicted molar refractivity (Wildman–Crippen MR) is 72.8 cm³/mol. The molecule has 0 amide bonds. The van der Waals surface area contributed by atoms with Gasteiger partial charge in [-0.15, -0.1) is 0 Å². The first kappa shape index (κ1) is 14.6. The molecule has 1 aliphatic rings. The van der Waals surface area contributed by atoms with Gasteiger partial charge < -0.3 is 24.1 Å². The molecule has 1 aromatic rings. The first-order valence-corrected chi connectivity index (χ1v) is 6.75. The molecule has 2 atom stereocenters. The molecule has 0 aliphatic carbocycles. The normalized spacial score (nSPS) is 20.9. The predicted octanol–water partition coefficient (Wildman–Crippen LogP) is 1.92. The molecule has 1 aliphatic heterocycles. The summed E-state index contributed by atoms with van der Waals surface area (Å²) in [5.74, 6) is 1.21. The Morgan fingerprint density at radius 2 is 2.00 bits per heavy atom. The van der Waals surface area contributed by atoms with Crippen molar-refractivity contribution in [1.29, 1.82) is 0 Å². The lowest BCUT2D eigenvalue weighted by molar-refractivity contribution is -0.133. The molecule has 2 rings (SSSR count). The molecule has 1 saturated heterocycles. The topological polar surface area (TPSA) is 57.2 Å². The zero-order chi connectivity index (χ0) is 13.8. The number of rotatable bonds is 4. The Hall–Kier alpha value is -0.820. The Morgan fingerprint density at radius 3 is 2.58 bits per heavy atom. The van der Waals surface area contributed by atoms with Crippen molar-refractivity contribution < 1.29 is 24.1 Å². The molecule has 6 heteroatoms. The van der Waals surface area contributed by atoms with Gasteiger partial charge in [-0.1, -0.05) is 0 Å². The molecule has 0 aromatic heterocycles. The molecule has 0 radical (unpaired) electrons. The molecule has 0 bridgehead atoms. The van der Waals surface area contributed by atoms with Crippen molar-refractivity contribution in [3.63, 3.8) is 0 Å². The number of halogens is 1. The SMILES string of the molecule is COc1cc(C(O)C2COCCO2)c(OC)cc1Br. The lowest BCUT2D eigenvalue weighted by Gasteiger charge is -2.28. The molecule has 0 saturated carbocycles. The van der Waals surface area contributed by atoms with Crippen molar-refractivity contribution >= 4 is 15.9 Å². The first-order valence-electron chi connectivity index (χ1n) is 5.96. The number of benzene rings is 1. The van der Waals surface area contributed by atoms with Gasteiger partial charge in [0.25, 0.3) is 0 Å². The summed E-state index contributed by atoms with van der Waals surface area (Å²) < 4.78 is 22.1. The van der Waals surface area contributed by atoms with Crippen LogP contribution in [0.2, 0.25) is 0 Å². The smallest absolute Gasteiger partial charge is 0.133 e. The monoisotopic (exact) mass is 332 g/mol. The summed E-state index contributed by atoms with van der Waals surface area (Å²) in [6.07, 6.45) is -1.22. The van der Waals surface area contributed by atoms with Gasteiger partial charge in [0.15, 0.2) is 0 Å². The van der Waals surface area contributed by atoms with Crippen LogP contribution < -0.4 is 9.47 Å². The quantitative estimate of drug-likeness (QED) is 0.912.